The molecular formula is C16H16N4O7S. The number of para-hydroxylation sites is 1. The zero-order valence-electron chi connectivity index (χ0n) is 14.4. The van der Waals surface area contributed by atoms with Gasteiger partial charge in [-0.2, -0.15) is 4.31 Å². The first-order chi connectivity index (χ1) is 13.2. The van der Waals surface area contributed by atoms with Gasteiger partial charge < -0.3 is 10.1 Å². The number of aromatic amines is 1. The van der Waals surface area contributed by atoms with Gasteiger partial charge in [0.25, 0.3) is 11.2 Å². The summed E-state index contributed by atoms with van der Waals surface area (Å²) in [6.45, 7) is 0.131. The molecule has 1 aliphatic heterocycles. The maximum atomic E-state index is 13.0. The first-order valence-electron chi connectivity index (χ1n) is 8.28. The first kappa shape index (κ1) is 19.6. The molecule has 0 radical (unpaired) electrons. The van der Waals surface area contributed by atoms with E-state index in [0.717, 1.165) is 16.6 Å². The van der Waals surface area contributed by atoms with E-state index in [-0.39, 0.29) is 18.9 Å². The molecule has 28 heavy (non-hydrogen) atoms. The average Bonchev–Trinajstić information content (AvgIpc) is 2.67. The number of carboxylic acids is 1. The van der Waals surface area contributed by atoms with Gasteiger partial charge in [-0.25, -0.2) is 18.2 Å². The zero-order valence-corrected chi connectivity index (χ0v) is 15.3. The third-order valence-electron chi connectivity index (χ3n) is 4.50. The van der Waals surface area contributed by atoms with Crippen molar-refractivity contribution in [2.45, 2.75) is 23.7 Å². The Morgan fingerprint density at radius 2 is 2.07 bits per heavy atom. The molecule has 2 N–H and O–H groups in total. The Morgan fingerprint density at radius 3 is 2.71 bits per heavy atom. The molecule has 1 fully saturated rings. The molecule has 0 amide bonds. The lowest BCUT2D eigenvalue weighted by Gasteiger charge is -2.31. The van der Waals surface area contributed by atoms with Gasteiger partial charge in [-0.3, -0.25) is 14.9 Å². The molecule has 0 aliphatic carbocycles. The second-order valence-electron chi connectivity index (χ2n) is 6.24. The van der Waals surface area contributed by atoms with E-state index >= 15 is 0 Å². The number of nitro groups is 1. The normalized spacial score (nSPS) is 17.9. The number of H-pyrrole nitrogens is 1. The molecule has 1 saturated heterocycles. The lowest BCUT2D eigenvalue weighted by molar-refractivity contribution is -0.387. The highest BCUT2D eigenvalue weighted by Crippen LogP contribution is 2.31. The van der Waals surface area contributed by atoms with Crippen molar-refractivity contribution in [1.82, 2.24) is 14.3 Å². The maximum absolute atomic E-state index is 13.0. The molecule has 2 aromatic rings. The number of hydrogen-bond donors (Lipinski definition) is 2. The highest BCUT2D eigenvalue weighted by molar-refractivity contribution is 7.89. The van der Waals surface area contributed by atoms with E-state index in [1.807, 2.05) is 0 Å². The van der Waals surface area contributed by atoms with Gasteiger partial charge in [-0.15, -0.1) is 0 Å². The Labute approximate surface area is 158 Å². The number of sulfonamides is 1. The van der Waals surface area contributed by atoms with Crippen LogP contribution in [0.5, 0.6) is 0 Å². The van der Waals surface area contributed by atoms with Crippen LogP contribution in [0.1, 0.15) is 34.9 Å². The Kier molecular flexibility index (Phi) is 5.25. The molecule has 1 aliphatic rings. The number of benzene rings is 1. The molecule has 0 bridgehead atoms. The second-order valence-corrected chi connectivity index (χ2v) is 8.15. The average molecular weight is 408 g/mol. The summed E-state index contributed by atoms with van der Waals surface area (Å²) in [6, 6.07) is 5.09. The van der Waals surface area contributed by atoms with Crippen molar-refractivity contribution < 1.29 is 23.2 Å². The predicted molar refractivity (Wildman–Crippen MR) is 95.6 cm³/mol. The summed E-state index contributed by atoms with van der Waals surface area (Å²) in [7, 11) is -4.13. The third kappa shape index (κ3) is 3.64. The van der Waals surface area contributed by atoms with E-state index in [2.05, 4.69) is 9.97 Å². The van der Waals surface area contributed by atoms with Crippen molar-refractivity contribution in [1.29, 1.82) is 0 Å². The number of aromatic carboxylic acids is 1. The standard InChI is InChI=1S/C16H16N4O7S/c21-15-11(16(22)23)8-17-14(18-15)10-4-3-7-19(9-10)28(26,27)13-6-2-1-5-12(13)20(24)25/h1-2,5-6,8,10H,3-4,7,9H2,(H,22,23)(H,17,18,21). The Hall–Kier alpha value is -3.12. The van der Waals surface area contributed by atoms with Gasteiger partial charge in [-0.05, 0) is 18.9 Å². The molecule has 1 unspecified atom stereocenters. The molecule has 0 saturated carbocycles. The van der Waals surface area contributed by atoms with Crippen LogP contribution in [0.15, 0.2) is 40.2 Å². The fourth-order valence-corrected chi connectivity index (χ4v) is 4.80. The molecule has 12 heteroatoms. The van der Waals surface area contributed by atoms with Crippen LogP contribution in [-0.2, 0) is 10.0 Å². The highest BCUT2D eigenvalue weighted by atomic mass is 32.2. The van der Waals surface area contributed by atoms with Crippen LogP contribution < -0.4 is 5.56 Å². The number of rotatable bonds is 5. The number of piperidine rings is 1. The number of nitro benzene ring substituents is 1. The van der Waals surface area contributed by atoms with Crippen molar-refractivity contribution in [3.63, 3.8) is 0 Å². The lowest BCUT2D eigenvalue weighted by atomic mass is 9.99. The van der Waals surface area contributed by atoms with Crippen LogP contribution in [0.4, 0.5) is 5.69 Å². The quantitative estimate of drug-likeness (QED) is 0.545. The van der Waals surface area contributed by atoms with E-state index in [1.54, 1.807) is 0 Å². The Balaban J connectivity index is 1.91. The summed E-state index contributed by atoms with van der Waals surface area (Å²) in [4.78, 5) is 39.2. The van der Waals surface area contributed by atoms with Gasteiger partial charge in [0.15, 0.2) is 4.90 Å². The molecule has 0 spiro atoms. The summed E-state index contributed by atoms with van der Waals surface area (Å²) < 4.78 is 27.0. The fourth-order valence-electron chi connectivity index (χ4n) is 3.12. The minimum atomic E-state index is -4.13. The van der Waals surface area contributed by atoms with Crippen molar-refractivity contribution >= 4 is 21.7 Å². The summed E-state index contributed by atoms with van der Waals surface area (Å²) in [5.74, 6) is -1.70. The van der Waals surface area contributed by atoms with E-state index in [4.69, 9.17) is 5.11 Å². The van der Waals surface area contributed by atoms with Crippen molar-refractivity contribution in [2.24, 2.45) is 0 Å². The third-order valence-corrected chi connectivity index (χ3v) is 6.41. The van der Waals surface area contributed by atoms with Crippen LogP contribution in [-0.4, -0.2) is 51.8 Å². The minimum Gasteiger partial charge on any atom is -0.477 e. The summed E-state index contributed by atoms with van der Waals surface area (Å²) in [6.07, 6.45) is 1.92. The smallest absolute Gasteiger partial charge is 0.342 e. The molecule has 1 aromatic carbocycles. The maximum Gasteiger partial charge on any atom is 0.342 e. The predicted octanol–water partition coefficient (Wildman–Crippen LogP) is 0.945. The van der Waals surface area contributed by atoms with Crippen molar-refractivity contribution in [2.75, 3.05) is 13.1 Å². The Morgan fingerprint density at radius 1 is 1.36 bits per heavy atom. The number of nitrogens with one attached hydrogen (secondary N) is 1. The van der Waals surface area contributed by atoms with E-state index in [0.29, 0.717) is 12.8 Å². The number of nitrogens with zero attached hydrogens (tertiary/aromatic N) is 3. The van der Waals surface area contributed by atoms with E-state index in [9.17, 15) is 28.1 Å². The van der Waals surface area contributed by atoms with Gasteiger partial charge in [0, 0.05) is 31.3 Å². The van der Waals surface area contributed by atoms with Gasteiger partial charge in [-0.1, -0.05) is 12.1 Å². The highest BCUT2D eigenvalue weighted by Gasteiger charge is 2.35. The van der Waals surface area contributed by atoms with Crippen molar-refractivity contribution in [3.8, 4) is 0 Å². The van der Waals surface area contributed by atoms with Gasteiger partial charge in [0.1, 0.15) is 11.4 Å². The Bertz CT molecular complexity index is 1100. The molecule has 1 aromatic heterocycles. The van der Waals surface area contributed by atoms with Crippen molar-refractivity contribution in [3.05, 3.63) is 62.3 Å². The second kappa shape index (κ2) is 7.48. The zero-order chi connectivity index (χ0) is 20.5. The van der Waals surface area contributed by atoms with E-state index < -0.39 is 48.5 Å². The molecule has 148 valence electrons. The van der Waals surface area contributed by atoms with Gasteiger partial charge >= 0.3 is 5.97 Å². The SMILES string of the molecule is O=C(O)c1cnc(C2CCCN(S(=O)(=O)c3ccccc3[N+](=O)[O-])C2)[nH]c1=O. The van der Waals surface area contributed by atoms with Crippen LogP contribution in [0.2, 0.25) is 0 Å². The number of carbonyl (C=O) groups is 1. The van der Waals surface area contributed by atoms with Crippen LogP contribution in [0.25, 0.3) is 0 Å². The summed E-state index contributed by atoms with van der Waals surface area (Å²) in [5.41, 5.74) is -1.85. The van der Waals surface area contributed by atoms with Crippen LogP contribution in [0.3, 0.4) is 0 Å². The number of aromatic nitrogens is 2. The summed E-state index contributed by atoms with van der Waals surface area (Å²) >= 11 is 0. The molecule has 3 rings (SSSR count). The number of hydrogen-bond acceptors (Lipinski definition) is 7. The minimum absolute atomic E-state index is 0.0380. The lowest BCUT2D eigenvalue weighted by Crippen LogP contribution is -2.40. The first-order valence-corrected chi connectivity index (χ1v) is 9.72. The largest absolute Gasteiger partial charge is 0.477 e. The van der Waals surface area contributed by atoms with Gasteiger partial charge in [0.05, 0.1) is 4.92 Å². The monoisotopic (exact) mass is 408 g/mol. The van der Waals surface area contributed by atoms with Crippen LogP contribution >= 0.6 is 0 Å². The summed E-state index contributed by atoms with van der Waals surface area (Å²) in [5, 5.41) is 20.1. The topological polar surface area (TPSA) is 164 Å². The molecule has 2 heterocycles. The van der Waals surface area contributed by atoms with Gasteiger partial charge in [0.2, 0.25) is 10.0 Å². The molecular weight excluding hydrogens is 392 g/mol. The fraction of sp³-hybridized carbons (Fsp3) is 0.312. The molecule has 11 nitrogen and oxygen atoms in total. The molecule has 1 atom stereocenters. The number of carboxylic acid groups (broad SMARTS) is 1. The van der Waals surface area contributed by atoms with Crippen LogP contribution in [0, 0.1) is 10.1 Å². The van der Waals surface area contributed by atoms with E-state index in [1.165, 1.54) is 18.2 Å².